The number of rotatable bonds is 3. The third kappa shape index (κ3) is 7.71. The number of hydrogen-bond donors (Lipinski definition) is 2. The fourth-order valence-electron chi connectivity index (χ4n) is 4.86. The maximum absolute atomic E-state index is 13.3. The summed E-state index contributed by atoms with van der Waals surface area (Å²) in [6.07, 6.45) is 0.897. The highest BCUT2D eigenvalue weighted by Crippen LogP contribution is 2.20. The van der Waals surface area contributed by atoms with Crippen LogP contribution in [-0.2, 0) is 9.59 Å². The third-order valence-electron chi connectivity index (χ3n) is 7.01. The first-order valence-electron chi connectivity index (χ1n) is 13.5. The van der Waals surface area contributed by atoms with E-state index in [-0.39, 0.29) is 24.3 Å². The van der Waals surface area contributed by atoms with Crippen LogP contribution in [0.15, 0.2) is 42.5 Å². The SMILES string of the molecule is Cc1cccc(N2CCN(CC(=O)N3CCCC(=O)NCCOc4ccc(C)cc4C(=O)NCC3)CC2)c1. The number of hydrogen-bond acceptors (Lipinski definition) is 6. The predicted molar refractivity (Wildman–Crippen MR) is 148 cm³/mol. The summed E-state index contributed by atoms with van der Waals surface area (Å²) >= 11 is 0. The van der Waals surface area contributed by atoms with Gasteiger partial charge in [0.1, 0.15) is 12.4 Å². The number of fused-ring (bicyclic) bond motifs is 1. The van der Waals surface area contributed by atoms with Gasteiger partial charge in [0.15, 0.2) is 0 Å². The third-order valence-corrected chi connectivity index (χ3v) is 7.01. The second kappa shape index (κ2) is 13.3. The summed E-state index contributed by atoms with van der Waals surface area (Å²) in [7, 11) is 0. The molecule has 2 aliphatic rings. The van der Waals surface area contributed by atoms with E-state index in [4.69, 9.17) is 4.74 Å². The lowest BCUT2D eigenvalue weighted by Gasteiger charge is -2.36. The number of anilines is 1. The average Bonchev–Trinajstić information content (AvgIpc) is 2.91. The van der Waals surface area contributed by atoms with Crippen LogP contribution in [0.5, 0.6) is 5.75 Å². The van der Waals surface area contributed by atoms with Gasteiger partial charge in [0.05, 0.1) is 18.7 Å². The number of ether oxygens (including phenoxy) is 1. The van der Waals surface area contributed by atoms with E-state index in [1.807, 2.05) is 13.0 Å². The van der Waals surface area contributed by atoms with Crippen LogP contribution in [0.2, 0.25) is 0 Å². The molecule has 2 aliphatic heterocycles. The van der Waals surface area contributed by atoms with E-state index in [2.05, 4.69) is 51.6 Å². The van der Waals surface area contributed by atoms with Crippen LogP contribution >= 0.6 is 0 Å². The van der Waals surface area contributed by atoms with Crippen LogP contribution in [0.1, 0.15) is 34.3 Å². The number of nitrogens with zero attached hydrogens (tertiary/aromatic N) is 3. The first-order valence-corrected chi connectivity index (χ1v) is 13.5. The number of carbonyl (C=O) groups excluding carboxylic acids is 3. The lowest BCUT2D eigenvalue weighted by Crippen LogP contribution is -2.51. The monoisotopic (exact) mass is 521 g/mol. The van der Waals surface area contributed by atoms with Gasteiger partial charge in [-0.25, -0.2) is 0 Å². The predicted octanol–water partition coefficient (Wildman–Crippen LogP) is 1.97. The molecule has 204 valence electrons. The maximum atomic E-state index is 13.3. The molecule has 0 bridgehead atoms. The maximum Gasteiger partial charge on any atom is 0.255 e. The quantitative estimate of drug-likeness (QED) is 0.642. The van der Waals surface area contributed by atoms with E-state index < -0.39 is 0 Å². The van der Waals surface area contributed by atoms with E-state index >= 15 is 0 Å². The van der Waals surface area contributed by atoms with Crippen molar-refractivity contribution < 1.29 is 19.1 Å². The molecule has 0 radical (unpaired) electrons. The highest BCUT2D eigenvalue weighted by atomic mass is 16.5. The lowest BCUT2D eigenvalue weighted by molar-refractivity contribution is -0.133. The Kier molecular flexibility index (Phi) is 9.59. The summed E-state index contributed by atoms with van der Waals surface area (Å²) < 4.78 is 5.77. The van der Waals surface area contributed by atoms with Gasteiger partial charge in [0.25, 0.3) is 5.91 Å². The van der Waals surface area contributed by atoms with Gasteiger partial charge in [0, 0.05) is 57.9 Å². The van der Waals surface area contributed by atoms with Crippen molar-refractivity contribution in [1.82, 2.24) is 20.4 Å². The molecule has 0 atom stereocenters. The van der Waals surface area contributed by atoms with E-state index in [0.29, 0.717) is 56.9 Å². The average molecular weight is 522 g/mol. The highest BCUT2D eigenvalue weighted by molar-refractivity contribution is 5.97. The molecule has 2 N–H and O–H groups in total. The van der Waals surface area contributed by atoms with Gasteiger partial charge in [-0.05, 0) is 50.1 Å². The van der Waals surface area contributed by atoms with E-state index in [1.165, 1.54) is 11.3 Å². The van der Waals surface area contributed by atoms with Crippen molar-refractivity contribution in [2.75, 3.05) is 70.4 Å². The minimum Gasteiger partial charge on any atom is -0.491 e. The summed E-state index contributed by atoms with van der Waals surface area (Å²) in [4.78, 5) is 44.8. The largest absolute Gasteiger partial charge is 0.491 e. The van der Waals surface area contributed by atoms with Crippen molar-refractivity contribution in [3.63, 3.8) is 0 Å². The van der Waals surface area contributed by atoms with E-state index in [9.17, 15) is 14.4 Å². The number of nitrogens with one attached hydrogen (secondary N) is 2. The van der Waals surface area contributed by atoms with E-state index in [0.717, 1.165) is 31.7 Å². The molecule has 0 aliphatic carbocycles. The van der Waals surface area contributed by atoms with Crippen LogP contribution in [0, 0.1) is 13.8 Å². The smallest absolute Gasteiger partial charge is 0.255 e. The van der Waals surface area contributed by atoms with Gasteiger partial charge < -0.3 is 25.2 Å². The molecular formula is C29H39N5O4. The lowest BCUT2D eigenvalue weighted by atomic mass is 10.1. The molecule has 0 aromatic heterocycles. The number of amides is 3. The molecule has 2 heterocycles. The molecule has 38 heavy (non-hydrogen) atoms. The minimum absolute atomic E-state index is 0.0209. The summed E-state index contributed by atoms with van der Waals surface area (Å²) in [5.74, 6) is 0.200. The molecular weight excluding hydrogens is 482 g/mol. The molecule has 2 aromatic carbocycles. The molecule has 0 spiro atoms. The Hall–Kier alpha value is -3.59. The van der Waals surface area contributed by atoms with Crippen LogP contribution in [0.4, 0.5) is 5.69 Å². The van der Waals surface area contributed by atoms with Crippen LogP contribution in [0.25, 0.3) is 0 Å². The number of carbonyl (C=O) groups is 3. The Balaban J connectivity index is 1.35. The van der Waals surface area contributed by atoms with Gasteiger partial charge in [-0.15, -0.1) is 0 Å². The molecule has 2 aromatic rings. The fraction of sp³-hybridized carbons (Fsp3) is 0.483. The topological polar surface area (TPSA) is 94.2 Å². The van der Waals surface area contributed by atoms with Crippen LogP contribution in [0.3, 0.4) is 0 Å². The summed E-state index contributed by atoms with van der Waals surface area (Å²) in [5, 5.41) is 5.80. The Morgan fingerprint density at radius 1 is 0.895 bits per heavy atom. The van der Waals surface area contributed by atoms with Crippen molar-refractivity contribution in [2.24, 2.45) is 0 Å². The van der Waals surface area contributed by atoms with Gasteiger partial charge in [-0.1, -0.05) is 23.8 Å². The molecule has 9 heteroatoms. The van der Waals surface area contributed by atoms with Gasteiger partial charge in [0.2, 0.25) is 11.8 Å². The molecule has 0 saturated carbocycles. The Labute approximate surface area is 225 Å². The molecule has 9 nitrogen and oxygen atoms in total. The minimum atomic E-state index is -0.234. The molecule has 1 saturated heterocycles. The Bertz CT molecular complexity index is 1130. The Morgan fingerprint density at radius 3 is 2.47 bits per heavy atom. The normalized spacial score (nSPS) is 18.4. The zero-order valence-corrected chi connectivity index (χ0v) is 22.5. The number of aryl methyl sites for hydroxylation is 2. The van der Waals surface area contributed by atoms with E-state index in [1.54, 1.807) is 17.0 Å². The number of benzene rings is 2. The molecule has 4 rings (SSSR count). The summed E-state index contributed by atoms with van der Waals surface area (Å²) in [6, 6.07) is 14.0. The van der Waals surface area contributed by atoms with Crippen molar-refractivity contribution >= 4 is 23.4 Å². The van der Waals surface area contributed by atoms with Gasteiger partial charge in [-0.2, -0.15) is 0 Å². The summed E-state index contributed by atoms with van der Waals surface area (Å²) in [5.41, 5.74) is 3.87. The first kappa shape index (κ1) is 27.4. The molecule has 3 amide bonds. The van der Waals surface area contributed by atoms with Crippen molar-refractivity contribution in [1.29, 1.82) is 0 Å². The zero-order chi connectivity index (χ0) is 26.9. The second-order valence-electron chi connectivity index (χ2n) is 10.0. The van der Waals surface area contributed by atoms with Crippen LogP contribution in [-0.4, -0.2) is 93.0 Å². The molecule has 0 unspecified atom stereocenters. The number of piperazine rings is 1. The highest BCUT2D eigenvalue weighted by Gasteiger charge is 2.23. The summed E-state index contributed by atoms with van der Waals surface area (Å²) in [6.45, 7) is 9.51. The second-order valence-corrected chi connectivity index (χ2v) is 10.0. The van der Waals surface area contributed by atoms with Crippen molar-refractivity contribution in [3.05, 3.63) is 59.2 Å². The van der Waals surface area contributed by atoms with Crippen molar-refractivity contribution in [3.8, 4) is 5.75 Å². The zero-order valence-electron chi connectivity index (χ0n) is 22.5. The standard InChI is InChI=1S/C29H39N5O4/c1-22-5-3-6-24(19-22)33-16-14-32(15-17-33)21-28(36)34-12-4-7-27(35)30-11-18-38-26-9-8-23(2)20-25(26)29(37)31-10-13-34/h3,5-6,8-9,19-20H,4,7,10-18,21H2,1-2H3,(H,30,35)(H,31,37). The Morgan fingerprint density at radius 2 is 1.68 bits per heavy atom. The van der Waals surface area contributed by atoms with Gasteiger partial charge in [-0.3, -0.25) is 19.3 Å². The van der Waals surface area contributed by atoms with Gasteiger partial charge >= 0.3 is 0 Å². The van der Waals surface area contributed by atoms with Crippen molar-refractivity contribution in [2.45, 2.75) is 26.7 Å². The molecule has 1 fully saturated rings. The fourth-order valence-corrected chi connectivity index (χ4v) is 4.86. The first-order chi connectivity index (χ1) is 18.4. The van der Waals surface area contributed by atoms with Crippen LogP contribution < -0.4 is 20.3 Å².